The van der Waals surface area contributed by atoms with E-state index in [1.165, 1.54) is 0 Å². The highest BCUT2D eigenvalue weighted by atomic mass is 16.5. The molecular weight excluding hydrogens is 268 g/mol. The molecule has 0 bridgehead atoms. The van der Waals surface area contributed by atoms with E-state index in [0.29, 0.717) is 32.5 Å². The molecule has 1 saturated heterocycles. The van der Waals surface area contributed by atoms with E-state index in [1.54, 1.807) is 0 Å². The summed E-state index contributed by atoms with van der Waals surface area (Å²) in [6.07, 6.45) is 3.50. The summed E-state index contributed by atoms with van der Waals surface area (Å²) in [5.74, 6) is -0.0595. The number of fused-ring (bicyclic) bond motifs is 1. The van der Waals surface area contributed by atoms with Crippen LogP contribution in [0.3, 0.4) is 0 Å². The molecule has 5 nitrogen and oxygen atoms in total. The smallest absolute Gasteiger partial charge is 0.225 e. The average molecular weight is 288 g/mol. The number of carbonyl (C=O) groups excluding carboxylic acids is 1. The van der Waals surface area contributed by atoms with Crippen molar-refractivity contribution in [1.82, 2.24) is 10.3 Å². The molecule has 1 aliphatic rings. The molecule has 2 heterocycles. The standard InChI is InChI=1S/C16H20N2O3/c19-11-16(5-7-21-8-6-16)18-15(20)9-12-10-17-14-4-2-1-3-13(12)14/h1-4,10,17,19H,5-9,11H2,(H,18,20). The lowest BCUT2D eigenvalue weighted by Gasteiger charge is -2.36. The van der Waals surface area contributed by atoms with Gasteiger partial charge in [-0.05, 0) is 24.5 Å². The molecule has 0 atom stereocenters. The van der Waals surface area contributed by atoms with Gasteiger partial charge in [-0.3, -0.25) is 4.79 Å². The van der Waals surface area contributed by atoms with E-state index in [1.807, 2.05) is 30.5 Å². The zero-order valence-corrected chi connectivity index (χ0v) is 11.9. The third-order valence-electron chi connectivity index (χ3n) is 4.18. The van der Waals surface area contributed by atoms with Crippen LogP contribution in [-0.2, 0) is 16.0 Å². The Balaban J connectivity index is 1.71. The summed E-state index contributed by atoms with van der Waals surface area (Å²) in [5.41, 5.74) is 1.48. The van der Waals surface area contributed by atoms with E-state index < -0.39 is 5.54 Å². The summed E-state index contributed by atoms with van der Waals surface area (Å²) in [4.78, 5) is 15.5. The van der Waals surface area contributed by atoms with Crippen LogP contribution in [0, 0.1) is 0 Å². The van der Waals surface area contributed by atoms with Crippen LogP contribution in [-0.4, -0.2) is 41.4 Å². The summed E-state index contributed by atoms with van der Waals surface area (Å²) < 4.78 is 5.30. The second kappa shape index (κ2) is 5.87. The Bertz CT molecular complexity index is 629. The number of aliphatic hydroxyl groups excluding tert-OH is 1. The Hall–Kier alpha value is -1.85. The van der Waals surface area contributed by atoms with Gasteiger partial charge in [0.2, 0.25) is 5.91 Å². The molecule has 5 heteroatoms. The van der Waals surface area contributed by atoms with Crippen molar-refractivity contribution >= 4 is 16.8 Å². The molecule has 1 amide bonds. The number of ether oxygens (including phenoxy) is 1. The quantitative estimate of drug-likeness (QED) is 0.795. The fraction of sp³-hybridized carbons (Fsp3) is 0.438. The van der Waals surface area contributed by atoms with Crippen LogP contribution in [0.25, 0.3) is 10.9 Å². The molecule has 1 aromatic carbocycles. The van der Waals surface area contributed by atoms with Crippen molar-refractivity contribution in [3.8, 4) is 0 Å². The van der Waals surface area contributed by atoms with Crippen molar-refractivity contribution in [1.29, 1.82) is 0 Å². The van der Waals surface area contributed by atoms with Gasteiger partial charge in [0.05, 0.1) is 18.6 Å². The monoisotopic (exact) mass is 288 g/mol. The lowest BCUT2D eigenvalue weighted by Crippen LogP contribution is -2.55. The largest absolute Gasteiger partial charge is 0.394 e. The third-order valence-corrected chi connectivity index (χ3v) is 4.18. The van der Waals surface area contributed by atoms with Gasteiger partial charge in [0, 0.05) is 30.3 Å². The number of aromatic amines is 1. The lowest BCUT2D eigenvalue weighted by molar-refractivity contribution is -0.124. The molecule has 0 spiro atoms. The third kappa shape index (κ3) is 2.94. The molecule has 3 rings (SSSR count). The molecule has 0 saturated carbocycles. The number of para-hydroxylation sites is 1. The van der Waals surface area contributed by atoms with E-state index in [-0.39, 0.29) is 12.5 Å². The van der Waals surface area contributed by atoms with Gasteiger partial charge in [-0.2, -0.15) is 0 Å². The molecule has 1 aromatic heterocycles. The molecule has 1 fully saturated rings. The van der Waals surface area contributed by atoms with E-state index in [0.717, 1.165) is 16.5 Å². The zero-order chi connectivity index (χ0) is 14.7. The highest BCUT2D eigenvalue weighted by molar-refractivity contribution is 5.89. The van der Waals surface area contributed by atoms with Gasteiger partial charge < -0.3 is 20.1 Å². The Labute approximate surface area is 123 Å². The Morgan fingerprint density at radius 2 is 2.10 bits per heavy atom. The molecular formula is C16H20N2O3. The number of amides is 1. The van der Waals surface area contributed by atoms with Gasteiger partial charge in [0.15, 0.2) is 0 Å². The second-order valence-corrected chi connectivity index (χ2v) is 5.64. The first-order chi connectivity index (χ1) is 10.2. The van der Waals surface area contributed by atoms with Crippen LogP contribution < -0.4 is 5.32 Å². The Morgan fingerprint density at radius 1 is 1.33 bits per heavy atom. The topological polar surface area (TPSA) is 74.4 Å². The predicted octanol–water partition coefficient (Wildman–Crippen LogP) is 1.37. The first-order valence-corrected chi connectivity index (χ1v) is 7.27. The van der Waals surface area contributed by atoms with Gasteiger partial charge in [-0.15, -0.1) is 0 Å². The second-order valence-electron chi connectivity index (χ2n) is 5.64. The molecule has 2 aromatic rings. The summed E-state index contributed by atoms with van der Waals surface area (Å²) in [6.45, 7) is 1.11. The molecule has 0 unspecified atom stereocenters. The number of benzene rings is 1. The Kier molecular flexibility index (Phi) is 3.94. The summed E-state index contributed by atoms with van der Waals surface area (Å²) in [7, 11) is 0. The van der Waals surface area contributed by atoms with Crippen molar-refractivity contribution in [2.45, 2.75) is 24.8 Å². The molecule has 1 aliphatic heterocycles. The molecule has 21 heavy (non-hydrogen) atoms. The lowest BCUT2D eigenvalue weighted by atomic mass is 9.90. The van der Waals surface area contributed by atoms with Crippen LogP contribution in [0.4, 0.5) is 0 Å². The van der Waals surface area contributed by atoms with Crippen molar-refractivity contribution < 1.29 is 14.6 Å². The maximum atomic E-state index is 12.3. The minimum atomic E-state index is -0.526. The van der Waals surface area contributed by atoms with Crippen molar-refractivity contribution in [2.24, 2.45) is 0 Å². The number of hydrogen-bond donors (Lipinski definition) is 3. The molecule has 0 radical (unpaired) electrons. The van der Waals surface area contributed by atoms with Crippen LogP contribution in [0.2, 0.25) is 0 Å². The zero-order valence-electron chi connectivity index (χ0n) is 11.9. The molecule has 3 N–H and O–H groups in total. The maximum absolute atomic E-state index is 12.3. The average Bonchev–Trinajstić information content (AvgIpc) is 2.91. The normalized spacial score (nSPS) is 17.8. The summed E-state index contributed by atoms with van der Waals surface area (Å²) in [6, 6.07) is 7.92. The van der Waals surface area contributed by atoms with E-state index in [2.05, 4.69) is 10.3 Å². The maximum Gasteiger partial charge on any atom is 0.225 e. The van der Waals surface area contributed by atoms with Crippen molar-refractivity contribution in [3.63, 3.8) is 0 Å². The number of aromatic nitrogens is 1. The van der Waals surface area contributed by atoms with Gasteiger partial charge in [-0.1, -0.05) is 18.2 Å². The number of nitrogens with one attached hydrogen (secondary N) is 2. The fourth-order valence-electron chi connectivity index (χ4n) is 2.88. The van der Waals surface area contributed by atoms with Gasteiger partial charge in [-0.25, -0.2) is 0 Å². The minimum absolute atomic E-state index is 0.0457. The molecule has 112 valence electrons. The van der Waals surface area contributed by atoms with Gasteiger partial charge >= 0.3 is 0 Å². The molecule has 0 aliphatic carbocycles. The number of rotatable bonds is 4. The van der Waals surface area contributed by atoms with Crippen LogP contribution in [0.15, 0.2) is 30.5 Å². The minimum Gasteiger partial charge on any atom is -0.394 e. The van der Waals surface area contributed by atoms with Crippen molar-refractivity contribution in [3.05, 3.63) is 36.0 Å². The van der Waals surface area contributed by atoms with Gasteiger partial charge in [0.25, 0.3) is 0 Å². The highest BCUT2D eigenvalue weighted by Crippen LogP contribution is 2.22. The first kappa shape index (κ1) is 14.1. The summed E-state index contributed by atoms with van der Waals surface area (Å²) in [5, 5.41) is 13.7. The fourth-order valence-corrected chi connectivity index (χ4v) is 2.88. The highest BCUT2D eigenvalue weighted by Gasteiger charge is 2.33. The van der Waals surface area contributed by atoms with E-state index in [9.17, 15) is 9.90 Å². The van der Waals surface area contributed by atoms with Gasteiger partial charge in [0.1, 0.15) is 0 Å². The van der Waals surface area contributed by atoms with E-state index >= 15 is 0 Å². The number of carbonyl (C=O) groups is 1. The number of H-pyrrole nitrogens is 1. The SMILES string of the molecule is O=C(Cc1c[nH]c2ccccc12)NC1(CO)CCOCC1. The van der Waals surface area contributed by atoms with Crippen LogP contribution in [0.5, 0.6) is 0 Å². The predicted molar refractivity (Wildman–Crippen MR) is 80.0 cm³/mol. The van der Waals surface area contributed by atoms with Crippen LogP contribution >= 0.6 is 0 Å². The Morgan fingerprint density at radius 3 is 2.86 bits per heavy atom. The summed E-state index contributed by atoms with van der Waals surface area (Å²) >= 11 is 0. The number of hydrogen-bond acceptors (Lipinski definition) is 3. The first-order valence-electron chi connectivity index (χ1n) is 7.27. The van der Waals surface area contributed by atoms with E-state index in [4.69, 9.17) is 4.74 Å². The number of aliphatic hydroxyl groups is 1. The van der Waals surface area contributed by atoms with Crippen LogP contribution in [0.1, 0.15) is 18.4 Å². The van der Waals surface area contributed by atoms with Crippen molar-refractivity contribution in [2.75, 3.05) is 19.8 Å².